The first kappa shape index (κ1) is 14.9. The number of hydrogen-bond acceptors (Lipinski definition) is 2. The Morgan fingerprint density at radius 2 is 1.44 bits per heavy atom. The Hall–Kier alpha value is -1.18. The molecule has 0 saturated heterocycles. The standard InChI is InChI=1S/C16H26O2/c1-8-18-14-10-11(15(2,3)4)13(17)9-12(14)16(5,6)7/h9-10,17H,8H2,1-7H3. The molecule has 0 bridgehead atoms. The van der Waals surface area contributed by atoms with Gasteiger partial charge in [-0.3, -0.25) is 0 Å². The Labute approximate surface area is 111 Å². The molecule has 0 amide bonds. The van der Waals surface area contributed by atoms with Gasteiger partial charge in [-0.05, 0) is 29.9 Å². The highest BCUT2D eigenvalue weighted by Crippen LogP contribution is 2.40. The minimum Gasteiger partial charge on any atom is -0.508 e. The van der Waals surface area contributed by atoms with Crippen molar-refractivity contribution in [2.75, 3.05) is 6.61 Å². The normalized spacial score (nSPS) is 12.6. The number of hydrogen-bond donors (Lipinski definition) is 1. The molecule has 1 aromatic carbocycles. The number of ether oxygens (including phenoxy) is 1. The highest BCUT2D eigenvalue weighted by molar-refractivity contribution is 5.51. The van der Waals surface area contributed by atoms with E-state index in [1.54, 1.807) is 0 Å². The topological polar surface area (TPSA) is 29.5 Å². The van der Waals surface area contributed by atoms with E-state index in [4.69, 9.17) is 4.74 Å². The Morgan fingerprint density at radius 3 is 1.83 bits per heavy atom. The van der Waals surface area contributed by atoms with E-state index in [9.17, 15) is 5.11 Å². The molecule has 2 nitrogen and oxygen atoms in total. The molecule has 0 aromatic heterocycles. The molecule has 1 N–H and O–H groups in total. The van der Waals surface area contributed by atoms with Crippen LogP contribution in [0.2, 0.25) is 0 Å². The smallest absolute Gasteiger partial charge is 0.123 e. The van der Waals surface area contributed by atoms with Crippen LogP contribution in [0, 0.1) is 0 Å². The molecular weight excluding hydrogens is 224 g/mol. The minimum atomic E-state index is -0.0909. The highest BCUT2D eigenvalue weighted by atomic mass is 16.5. The van der Waals surface area contributed by atoms with Crippen molar-refractivity contribution >= 4 is 0 Å². The van der Waals surface area contributed by atoms with Crippen LogP contribution in [0.5, 0.6) is 11.5 Å². The van der Waals surface area contributed by atoms with Crippen molar-refractivity contribution in [3.63, 3.8) is 0 Å². The van der Waals surface area contributed by atoms with Gasteiger partial charge in [0.15, 0.2) is 0 Å². The fourth-order valence-electron chi connectivity index (χ4n) is 2.03. The molecule has 0 aliphatic rings. The zero-order valence-electron chi connectivity index (χ0n) is 12.7. The summed E-state index contributed by atoms with van der Waals surface area (Å²) in [7, 11) is 0. The van der Waals surface area contributed by atoms with Crippen molar-refractivity contribution in [3.05, 3.63) is 23.3 Å². The summed E-state index contributed by atoms with van der Waals surface area (Å²) in [5.41, 5.74) is 1.85. The molecule has 0 heterocycles. The maximum atomic E-state index is 10.2. The fraction of sp³-hybridized carbons (Fsp3) is 0.625. The number of aromatic hydroxyl groups is 1. The lowest BCUT2D eigenvalue weighted by Crippen LogP contribution is -2.17. The Morgan fingerprint density at radius 1 is 0.944 bits per heavy atom. The average molecular weight is 250 g/mol. The van der Waals surface area contributed by atoms with E-state index in [0.29, 0.717) is 12.4 Å². The summed E-state index contributed by atoms with van der Waals surface area (Å²) in [6.45, 7) is 15.3. The molecule has 0 saturated carbocycles. The lowest BCUT2D eigenvalue weighted by atomic mass is 9.81. The van der Waals surface area contributed by atoms with E-state index in [0.717, 1.165) is 16.9 Å². The van der Waals surface area contributed by atoms with Crippen molar-refractivity contribution in [3.8, 4) is 11.5 Å². The second-order valence-electron chi connectivity index (χ2n) is 6.80. The van der Waals surface area contributed by atoms with Crippen LogP contribution in [0.25, 0.3) is 0 Å². The Bertz CT molecular complexity index is 420. The summed E-state index contributed by atoms with van der Waals surface area (Å²) in [5.74, 6) is 1.24. The van der Waals surface area contributed by atoms with E-state index in [1.807, 2.05) is 19.1 Å². The minimum absolute atomic E-state index is 0.0433. The molecule has 0 atom stereocenters. The first-order valence-corrected chi connectivity index (χ1v) is 6.58. The van der Waals surface area contributed by atoms with Crippen molar-refractivity contribution < 1.29 is 9.84 Å². The molecule has 0 spiro atoms. The van der Waals surface area contributed by atoms with E-state index in [2.05, 4.69) is 41.5 Å². The molecule has 2 heteroatoms. The zero-order valence-corrected chi connectivity index (χ0v) is 12.7. The molecule has 0 radical (unpaired) electrons. The van der Waals surface area contributed by atoms with Crippen LogP contribution in [0.4, 0.5) is 0 Å². The van der Waals surface area contributed by atoms with Crippen LogP contribution in [-0.4, -0.2) is 11.7 Å². The van der Waals surface area contributed by atoms with Crippen LogP contribution in [0.15, 0.2) is 12.1 Å². The van der Waals surface area contributed by atoms with E-state index in [-0.39, 0.29) is 10.8 Å². The van der Waals surface area contributed by atoms with Gasteiger partial charge in [0, 0.05) is 11.1 Å². The zero-order chi connectivity index (χ0) is 14.1. The average Bonchev–Trinajstić information content (AvgIpc) is 2.17. The monoisotopic (exact) mass is 250 g/mol. The van der Waals surface area contributed by atoms with Crippen LogP contribution in [-0.2, 0) is 10.8 Å². The third-order valence-corrected chi connectivity index (χ3v) is 3.01. The Kier molecular flexibility index (Phi) is 3.99. The van der Waals surface area contributed by atoms with Crippen LogP contribution in [0.3, 0.4) is 0 Å². The molecular formula is C16H26O2. The summed E-state index contributed by atoms with van der Waals surface area (Å²) in [5, 5.41) is 10.2. The van der Waals surface area contributed by atoms with Gasteiger partial charge in [0.2, 0.25) is 0 Å². The first-order valence-electron chi connectivity index (χ1n) is 6.58. The first-order chi connectivity index (χ1) is 8.07. The van der Waals surface area contributed by atoms with E-state index in [1.165, 1.54) is 0 Å². The number of phenolic OH excluding ortho intramolecular Hbond substituents is 1. The lowest BCUT2D eigenvalue weighted by Gasteiger charge is -2.27. The van der Waals surface area contributed by atoms with Gasteiger partial charge in [0.05, 0.1) is 6.61 Å². The summed E-state index contributed by atoms with van der Waals surface area (Å²) < 4.78 is 5.74. The maximum Gasteiger partial charge on any atom is 0.123 e. The highest BCUT2D eigenvalue weighted by Gasteiger charge is 2.25. The van der Waals surface area contributed by atoms with E-state index < -0.39 is 0 Å². The number of rotatable bonds is 2. The fourth-order valence-corrected chi connectivity index (χ4v) is 2.03. The van der Waals surface area contributed by atoms with Gasteiger partial charge < -0.3 is 9.84 Å². The second kappa shape index (κ2) is 4.83. The quantitative estimate of drug-likeness (QED) is 0.843. The van der Waals surface area contributed by atoms with Crippen LogP contribution in [0.1, 0.15) is 59.6 Å². The third kappa shape index (κ3) is 3.18. The molecule has 0 fully saturated rings. The predicted octanol–water partition coefficient (Wildman–Crippen LogP) is 4.39. The Balaban J connectivity index is 3.44. The number of phenols is 1. The van der Waals surface area contributed by atoms with Gasteiger partial charge in [0.1, 0.15) is 11.5 Å². The van der Waals surface area contributed by atoms with Crippen molar-refractivity contribution in [2.45, 2.75) is 59.3 Å². The van der Waals surface area contributed by atoms with Crippen molar-refractivity contribution in [1.29, 1.82) is 0 Å². The predicted molar refractivity (Wildman–Crippen MR) is 76.7 cm³/mol. The van der Waals surface area contributed by atoms with E-state index >= 15 is 0 Å². The lowest BCUT2D eigenvalue weighted by molar-refractivity contribution is 0.326. The largest absolute Gasteiger partial charge is 0.508 e. The van der Waals surface area contributed by atoms with Crippen molar-refractivity contribution in [1.82, 2.24) is 0 Å². The molecule has 0 aliphatic carbocycles. The molecule has 102 valence electrons. The van der Waals surface area contributed by atoms with Crippen LogP contribution >= 0.6 is 0 Å². The van der Waals surface area contributed by atoms with Crippen LogP contribution < -0.4 is 4.74 Å². The van der Waals surface area contributed by atoms with Gasteiger partial charge in [-0.1, -0.05) is 41.5 Å². The molecule has 0 aliphatic heterocycles. The van der Waals surface area contributed by atoms with Gasteiger partial charge in [-0.15, -0.1) is 0 Å². The van der Waals surface area contributed by atoms with Gasteiger partial charge in [-0.25, -0.2) is 0 Å². The summed E-state index contributed by atoms with van der Waals surface area (Å²) in [6, 6.07) is 3.84. The van der Waals surface area contributed by atoms with Gasteiger partial charge >= 0.3 is 0 Å². The molecule has 0 unspecified atom stereocenters. The third-order valence-electron chi connectivity index (χ3n) is 3.01. The molecule has 1 rings (SSSR count). The summed E-state index contributed by atoms with van der Waals surface area (Å²) >= 11 is 0. The van der Waals surface area contributed by atoms with Gasteiger partial charge in [-0.2, -0.15) is 0 Å². The second-order valence-corrected chi connectivity index (χ2v) is 6.80. The maximum absolute atomic E-state index is 10.2. The van der Waals surface area contributed by atoms with Gasteiger partial charge in [0.25, 0.3) is 0 Å². The molecule has 1 aromatic rings. The summed E-state index contributed by atoms with van der Waals surface area (Å²) in [6.07, 6.45) is 0. The number of benzene rings is 1. The SMILES string of the molecule is CCOc1cc(C(C)(C)C)c(O)cc1C(C)(C)C. The summed E-state index contributed by atoms with van der Waals surface area (Å²) in [4.78, 5) is 0. The molecule has 18 heavy (non-hydrogen) atoms. The van der Waals surface area contributed by atoms with Crippen molar-refractivity contribution in [2.24, 2.45) is 0 Å².